The molecule has 1 unspecified atom stereocenters. The van der Waals surface area contributed by atoms with Gasteiger partial charge in [0.15, 0.2) is 0 Å². The fourth-order valence-electron chi connectivity index (χ4n) is 1.79. The molecule has 0 amide bonds. The van der Waals surface area contributed by atoms with Crippen molar-refractivity contribution < 1.29 is 13.5 Å². The van der Waals surface area contributed by atoms with Crippen molar-refractivity contribution in [2.24, 2.45) is 0 Å². The average Bonchev–Trinajstić information content (AvgIpc) is 2.67. The summed E-state index contributed by atoms with van der Waals surface area (Å²) >= 11 is 0. The molecule has 2 nitrogen and oxygen atoms in total. The summed E-state index contributed by atoms with van der Waals surface area (Å²) < 4.78 is 31.5. The predicted molar refractivity (Wildman–Crippen MR) is 57.0 cm³/mol. The molecule has 1 aliphatic heterocycles. The Morgan fingerprint density at radius 2 is 2.25 bits per heavy atom. The van der Waals surface area contributed by atoms with Crippen LogP contribution in [0.3, 0.4) is 0 Å². The second kappa shape index (κ2) is 4.47. The highest BCUT2D eigenvalue weighted by atomic mass is 19.1. The van der Waals surface area contributed by atoms with Crippen molar-refractivity contribution in [3.8, 4) is 0 Å². The first-order valence-electron chi connectivity index (χ1n) is 5.36. The van der Waals surface area contributed by atoms with Crippen LogP contribution in [0.25, 0.3) is 0 Å². The van der Waals surface area contributed by atoms with E-state index in [4.69, 9.17) is 4.74 Å². The third-order valence-electron chi connectivity index (χ3n) is 2.93. The van der Waals surface area contributed by atoms with Crippen LogP contribution < -0.4 is 5.32 Å². The topological polar surface area (TPSA) is 21.3 Å². The maximum Gasteiger partial charge on any atom is 0.127 e. The number of ether oxygens (including phenoxy) is 1. The molecule has 0 radical (unpaired) electrons. The van der Waals surface area contributed by atoms with E-state index in [1.165, 1.54) is 6.07 Å². The van der Waals surface area contributed by atoms with Gasteiger partial charge in [-0.3, -0.25) is 0 Å². The Labute approximate surface area is 93.6 Å². The summed E-state index contributed by atoms with van der Waals surface area (Å²) in [6.45, 7) is 3.68. The summed E-state index contributed by atoms with van der Waals surface area (Å²) in [5.74, 6) is -0.789. The summed E-state index contributed by atoms with van der Waals surface area (Å²) in [5, 5.41) is 3.21. The lowest BCUT2D eigenvalue weighted by atomic mass is 10.0. The second-order valence-electron chi connectivity index (χ2n) is 4.45. The van der Waals surface area contributed by atoms with E-state index >= 15 is 0 Å². The second-order valence-corrected chi connectivity index (χ2v) is 4.45. The molecule has 88 valence electrons. The molecule has 2 rings (SSSR count). The fraction of sp³-hybridized carbons (Fsp3) is 0.500. The first-order chi connectivity index (χ1) is 7.59. The molecular formula is C12H15F2NO. The number of rotatable bonds is 3. The quantitative estimate of drug-likeness (QED) is 0.855. The van der Waals surface area contributed by atoms with Crippen molar-refractivity contribution >= 4 is 0 Å². The first kappa shape index (κ1) is 11.5. The fourth-order valence-corrected chi connectivity index (χ4v) is 1.79. The Morgan fingerprint density at radius 1 is 1.44 bits per heavy atom. The number of benzene rings is 1. The Kier molecular flexibility index (Phi) is 3.21. The Balaban J connectivity index is 2.01. The first-order valence-corrected chi connectivity index (χ1v) is 5.36. The van der Waals surface area contributed by atoms with Gasteiger partial charge in [-0.05, 0) is 31.5 Å². The van der Waals surface area contributed by atoms with Gasteiger partial charge in [0.1, 0.15) is 11.6 Å². The van der Waals surface area contributed by atoms with E-state index in [2.05, 4.69) is 5.32 Å². The molecule has 16 heavy (non-hydrogen) atoms. The van der Waals surface area contributed by atoms with E-state index in [9.17, 15) is 8.78 Å². The lowest BCUT2D eigenvalue weighted by molar-refractivity contribution is 0.171. The van der Waals surface area contributed by atoms with Gasteiger partial charge >= 0.3 is 0 Å². The summed E-state index contributed by atoms with van der Waals surface area (Å²) in [6, 6.07) is 3.50. The largest absolute Gasteiger partial charge is 0.379 e. The summed E-state index contributed by atoms with van der Waals surface area (Å²) in [7, 11) is 0. The third kappa shape index (κ3) is 2.57. The molecule has 1 saturated heterocycles. The van der Waals surface area contributed by atoms with Crippen LogP contribution in [0, 0.1) is 11.6 Å². The van der Waals surface area contributed by atoms with Crippen LogP contribution in [0.4, 0.5) is 8.78 Å². The molecule has 1 aliphatic rings. The summed E-state index contributed by atoms with van der Waals surface area (Å²) in [6.07, 6.45) is 0.893. The van der Waals surface area contributed by atoms with E-state index < -0.39 is 5.82 Å². The Morgan fingerprint density at radius 3 is 2.94 bits per heavy atom. The molecule has 4 heteroatoms. The van der Waals surface area contributed by atoms with Gasteiger partial charge in [0.2, 0.25) is 0 Å². The predicted octanol–water partition coefficient (Wildman–Crippen LogP) is 2.23. The van der Waals surface area contributed by atoms with Crippen LogP contribution in [-0.4, -0.2) is 18.8 Å². The zero-order valence-corrected chi connectivity index (χ0v) is 9.22. The highest BCUT2D eigenvalue weighted by Gasteiger charge is 2.28. The van der Waals surface area contributed by atoms with Crippen molar-refractivity contribution in [3.05, 3.63) is 35.4 Å². The average molecular weight is 227 g/mol. The van der Waals surface area contributed by atoms with E-state index in [0.717, 1.165) is 25.2 Å². The maximum absolute atomic E-state index is 13.3. The zero-order chi connectivity index (χ0) is 11.6. The van der Waals surface area contributed by atoms with Gasteiger partial charge in [-0.2, -0.15) is 0 Å². The molecule has 1 atom stereocenters. The normalized spacial score (nSPS) is 24.9. The molecule has 0 saturated carbocycles. The van der Waals surface area contributed by atoms with Gasteiger partial charge in [0, 0.05) is 24.3 Å². The van der Waals surface area contributed by atoms with Crippen LogP contribution in [0.5, 0.6) is 0 Å². The third-order valence-corrected chi connectivity index (χ3v) is 2.93. The monoisotopic (exact) mass is 227 g/mol. The van der Waals surface area contributed by atoms with E-state index in [-0.39, 0.29) is 11.4 Å². The lowest BCUT2D eigenvalue weighted by Crippen LogP contribution is -2.42. The van der Waals surface area contributed by atoms with Gasteiger partial charge in [-0.25, -0.2) is 8.78 Å². The molecule has 1 aromatic rings. The minimum atomic E-state index is -0.411. The van der Waals surface area contributed by atoms with Crippen molar-refractivity contribution in [3.63, 3.8) is 0 Å². The van der Waals surface area contributed by atoms with Gasteiger partial charge < -0.3 is 10.1 Å². The standard InChI is InChI=1S/C12H15F2NO/c1-12(4-5-16-8-12)15-7-9-6-10(13)2-3-11(9)14/h2-3,6,15H,4-5,7-8H2,1H3. The number of hydrogen-bond donors (Lipinski definition) is 1. The van der Waals surface area contributed by atoms with Gasteiger partial charge in [0.05, 0.1) is 6.61 Å². The summed E-state index contributed by atoms with van der Waals surface area (Å²) in [4.78, 5) is 0. The van der Waals surface area contributed by atoms with E-state index in [1.807, 2.05) is 6.92 Å². The minimum absolute atomic E-state index is 0.126. The van der Waals surface area contributed by atoms with Crippen LogP contribution in [0.1, 0.15) is 18.9 Å². The van der Waals surface area contributed by atoms with E-state index in [0.29, 0.717) is 18.7 Å². The Hall–Kier alpha value is -1.00. The molecule has 0 aromatic heterocycles. The molecule has 1 fully saturated rings. The Bertz CT molecular complexity index is 375. The molecule has 0 aliphatic carbocycles. The molecule has 0 bridgehead atoms. The van der Waals surface area contributed by atoms with Gasteiger partial charge in [0.25, 0.3) is 0 Å². The molecule has 1 N–H and O–H groups in total. The number of halogens is 2. The van der Waals surface area contributed by atoms with E-state index in [1.54, 1.807) is 0 Å². The van der Waals surface area contributed by atoms with Crippen molar-refractivity contribution in [2.75, 3.05) is 13.2 Å². The summed E-state index contributed by atoms with van der Waals surface area (Å²) in [5.41, 5.74) is 0.229. The highest BCUT2D eigenvalue weighted by molar-refractivity contribution is 5.18. The van der Waals surface area contributed by atoms with Crippen molar-refractivity contribution in [2.45, 2.75) is 25.4 Å². The van der Waals surface area contributed by atoms with Gasteiger partial charge in [-0.1, -0.05) is 0 Å². The zero-order valence-electron chi connectivity index (χ0n) is 9.22. The molecule has 1 heterocycles. The van der Waals surface area contributed by atoms with Crippen LogP contribution >= 0.6 is 0 Å². The van der Waals surface area contributed by atoms with Crippen LogP contribution in [0.2, 0.25) is 0 Å². The number of nitrogens with one attached hydrogen (secondary N) is 1. The SMILES string of the molecule is CC1(NCc2cc(F)ccc2F)CCOC1. The molecule has 1 aromatic carbocycles. The van der Waals surface area contributed by atoms with Crippen LogP contribution in [0.15, 0.2) is 18.2 Å². The maximum atomic E-state index is 13.3. The van der Waals surface area contributed by atoms with Crippen LogP contribution in [-0.2, 0) is 11.3 Å². The van der Waals surface area contributed by atoms with Crippen molar-refractivity contribution in [1.29, 1.82) is 0 Å². The number of hydrogen-bond acceptors (Lipinski definition) is 2. The van der Waals surface area contributed by atoms with Gasteiger partial charge in [-0.15, -0.1) is 0 Å². The minimum Gasteiger partial charge on any atom is -0.379 e. The van der Waals surface area contributed by atoms with Crippen molar-refractivity contribution in [1.82, 2.24) is 5.32 Å². The highest BCUT2D eigenvalue weighted by Crippen LogP contribution is 2.19. The molecular weight excluding hydrogens is 212 g/mol. The lowest BCUT2D eigenvalue weighted by Gasteiger charge is -2.23. The molecule has 0 spiro atoms. The smallest absolute Gasteiger partial charge is 0.127 e.